The molecule has 170 valence electrons. The summed E-state index contributed by atoms with van der Waals surface area (Å²) >= 11 is 0. The molecule has 3 aliphatic rings. The highest BCUT2D eigenvalue weighted by Gasteiger charge is 2.34. The van der Waals surface area contributed by atoms with Crippen LogP contribution in [0.1, 0.15) is 12.8 Å². The van der Waals surface area contributed by atoms with E-state index in [2.05, 4.69) is 45.8 Å². The van der Waals surface area contributed by atoms with Crippen molar-refractivity contribution >= 4 is 28.7 Å². The Kier molecular flexibility index (Phi) is 5.02. The summed E-state index contributed by atoms with van der Waals surface area (Å²) in [6, 6.07) is 12.4. The second-order valence-corrected chi connectivity index (χ2v) is 9.13. The maximum absolute atomic E-state index is 12.4. The van der Waals surface area contributed by atoms with Gasteiger partial charge in [0.2, 0.25) is 11.8 Å². The van der Waals surface area contributed by atoms with Crippen molar-refractivity contribution < 1.29 is 9.59 Å². The Morgan fingerprint density at radius 2 is 1.76 bits per heavy atom. The summed E-state index contributed by atoms with van der Waals surface area (Å²) in [6.45, 7) is 5.15. The molecular formula is C25H28N6O2. The van der Waals surface area contributed by atoms with Crippen molar-refractivity contribution in [2.45, 2.75) is 12.8 Å². The number of hydrogen-bond acceptors (Lipinski definition) is 5. The van der Waals surface area contributed by atoms with Gasteiger partial charge in [0.05, 0.1) is 17.7 Å². The van der Waals surface area contributed by atoms with Gasteiger partial charge >= 0.3 is 0 Å². The number of piperazine rings is 2. The van der Waals surface area contributed by atoms with Crippen LogP contribution in [0, 0.1) is 5.92 Å². The monoisotopic (exact) mass is 444 g/mol. The first-order chi connectivity index (χ1) is 16.2. The molecule has 6 rings (SSSR count). The highest BCUT2D eigenvalue weighted by molar-refractivity contribution is 5.95. The molecule has 2 amide bonds. The molecule has 1 N–H and O–H groups in total. The third-order valence-corrected chi connectivity index (χ3v) is 6.95. The molecule has 3 aromatic rings. The predicted molar refractivity (Wildman–Crippen MR) is 127 cm³/mol. The molecule has 3 fully saturated rings. The van der Waals surface area contributed by atoms with Crippen LogP contribution < -0.4 is 15.1 Å². The first-order valence-corrected chi connectivity index (χ1v) is 11.8. The lowest BCUT2D eigenvalue weighted by Crippen LogP contribution is -2.49. The fraction of sp³-hybridized carbons (Fsp3) is 0.400. The molecule has 0 spiro atoms. The minimum Gasteiger partial charge on any atom is -0.366 e. The van der Waals surface area contributed by atoms with Gasteiger partial charge in [-0.1, -0.05) is 12.1 Å². The molecule has 4 heterocycles. The van der Waals surface area contributed by atoms with Crippen molar-refractivity contribution in [1.82, 2.24) is 19.8 Å². The third-order valence-electron chi connectivity index (χ3n) is 6.95. The van der Waals surface area contributed by atoms with E-state index in [0.717, 1.165) is 73.6 Å². The van der Waals surface area contributed by atoms with E-state index in [1.54, 1.807) is 0 Å². The number of carbonyl (C=O) groups excluding carboxylic acids is 2. The van der Waals surface area contributed by atoms with E-state index in [1.165, 1.54) is 0 Å². The Labute approximate surface area is 192 Å². The van der Waals surface area contributed by atoms with Crippen LogP contribution in [0.5, 0.6) is 0 Å². The Hall–Kier alpha value is -3.39. The number of fused-ring (bicyclic) bond motifs is 1. The van der Waals surface area contributed by atoms with Crippen LogP contribution in [0.15, 0.2) is 48.8 Å². The summed E-state index contributed by atoms with van der Waals surface area (Å²) in [5, 5.41) is 7.63. The zero-order valence-corrected chi connectivity index (χ0v) is 18.6. The number of nitrogens with zero attached hydrogens (tertiary/aromatic N) is 5. The maximum atomic E-state index is 12.4. The minimum absolute atomic E-state index is 0.108. The summed E-state index contributed by atoms with van der Waals surface area (Å²) < 4.78 is 1.93. The van der Waals surface area contributed by atoms with Crippen molar-refractivity contribution in [2.75, 3.05) is 55.6 Å². The lowest BCUT2D eigenvalue weighted by molar-refractivity contribution is -0.132. The Bertz CT molecular complexity index is 1190. The molecule has 1 saturated carbocycles. The quantitative estimate of drug-likeness (QED) is 0.666. The number of nitrogens with one attached hydrogen (secondary N) is 1. The highest BCUT2D eigenvalue weighted by Crippen LogP contribution is 2.33. The first kappa shape index (κ1) is 20.2. The topological polar surface area (TPSA) is 73.2 Å². The van der Waals surface area contributed by atoms with E-state index < -0.39 is 0 Å². The number of rotatable bonds is 4. The van der Waals surface area contributed by atoms with Crippen LogP contribution >= 0.6 is 0 Å². The van der Waals surface area contributed by atoms with E-state index in [0.29, 0.717) is 19.0 Å². The maximum Gasteiger partial charge on any atom is 0.240 e. The number of aromatic nitrogens is 2. The van der Waals surface area contributed by atoms with E-state index >= 15 is 0 Å². The van der Waals surface area contributed by atoms with Crippen molar-refractivity contribution in [3.05, 3.63) is 48.8 Å². The predicted octanol–water partition coefficient (Wildman–Crippen LogP) is 2.00. The molecule has 0 bridgehead atoms. The highest BCUT2D eigenvalue weighted by atomic mass is 16.2. The van der Waals surface area contributed by atoms with Crippen LogP contribution in [0.3, 0.4) is 0 Å². The summed E-state index contributed by atoms with van der Waals surface area (Å²) in [7, 11) is 0. The summed E-state index contributed by atoms with van der Waals surface area (Å²) in [5.41, 5.74) is 5.34. The molecule has 1 aliphatic carbocycles. The molecule has 1 aromatic carbocycles. The molecule has 0 unspecified atom stereocenters. The number of amides is 2. The van der Waals surface area contributed by atoms with Gasteiger partial charge in [0.15, 0.2) is 0 Å². The van der Waals surface area contributed by atoms with E-state index in [1.807, 2.05) is 32.6 Å². The average Bonchev–Trinajstić information content (AvgIpc) is 3.62. The van der Waals surface area contributed by atoms with Gasteiger partial charge in [-0.3, -0.25) is 9.59 Å². The van der Waals surface area contributed by atoms with Crippen molar-refractivity contribution in [3.63, 3.8) is 0 Å². The molecule has 8 nitrogen and oxygen atoms in total. The molecule has 2 saturated heterocycles. The smallest absolute Gasteiger partial charge is 0.240 e. The lowest BCUT2D eigenvalue weighted by atomic mass is 10.1. The number of carbonyl (C=O) groups is 2. The largest absolute Gasteiger partial charge is 0.366 e. The van der Waals surface area contributed by atoms with Crippen molar-refractivity contribution in [3.8, 4) is 11.1 Å². The molecule has 2 aliphatic heterocycles. The van der Waals surface area contributed by atoms with Gasteiger partial charge < -0.3 is 20.0 Å². The SMILES string of the molecule is O=C(C1CC1)N1CCN(c2ccnn3cc(-c4ccc(N5CCNCC5=O)cc4)cc23)CC1. The molecular weight excluding hydrogens is 416 g/mol. The number of anilines is 2. The van der Waals surface area contributed by atoms with Crippen LogP contribution in [0.2, 0.25) is 0 Å². The van der Waals surface area contributed by atoms with Gasteiger partial charge in [-0.05, 0) is 42.7 Å². The molecule has 2 aromatic heterocycles. The number of hydrogen-bond donors (Lipinski definition) is 1. The molecule has 0 atom stereocenters. The number of benzene rings is 1. The Morgan fingerprint density at radius 3 is 2.48 bits per heavy atom. The minimum atomic E-state index is 0.108. The summed E-state index contributed by atoms with van der Waals surface area (Å²) in [6.07, 6.45) is 6.01. The van der Waals surface area contributed by atoms with E-state index in [4.69, 9.17) is 0 Å². The molecule has 0 radical (unpaired) electrons. The standard InChI is InChI=1S/C25H28N6O2/c32-24-16-26-9-10-30(24)21-5-3-18(4-6-21)20-15-23-22(7-8-27-31(23)17-20)28-11-13-29(14-12-28)25(33)19-1-2-19/h3-8,15,17,19,26H,1-2,9-14,16H2. The van der Waals surface area contributed by atoms with Crippen LogP contribution in [0.4, 0.5) is 11.4 Å². The van der Waals surface area contributed by atoms with Crippen LogP contribution in [-0.2, 0) is 9.59 Å². The average molecular weight is 445 g/mol. The summed E-state index contributed by atoms with van der Waals surface area (Å²) in [4.78, 5) is 30.8. The van der Waals surface area contributed by atoms with E-state index in [-0.39, 0.29) is 11.8 Å². The first-order valence-electron chi connectivity index (χ1n) is 11.8. The normalized spacial score (nSPS) is 19.4. The van der Waals surface area contributed by atoms with Crippen molar-refractivity contribution in [2.24, 2.45) is 5.92 Å². The Balaban J connectivity index is 1.22. The van der Waals surface area contributed by atoms with Gasteiger partial charge in [-0.25, -0.2) is 4.52 Å². The lowest BCUT2D eigenvalue weighted by Gasteiger charge is -2.36. The zero-order chi connectivity index (χ0) is 22.4. The Morgan fingerprint density at radius 1 is 0.970 bits per heavy atom. The fourth-order valence-corrected chi connectivity index (χ4v) is 4.89. The second kappa shape index (κ2) is 8.19. The summed E-state index contributed by atoms with van der Waals surface area (Å²) in [5.74, 6) is 0.732. The third kappa shape index (κ3) is 3.84. The molecule has 8 heteroatoms. The van der Waals surface area contributed by atoms with Gasteiger partial charge in [-0.2, -0.15) is 5.10 Å². The van der Waals surface area contributed by atoms with Crippen LogP contribution in [0.25, 0.3) is 16.6 Å². The fourth-order valence-electron chi connectivity index (χ4n) is 4.89. The zero-order valence-electron chi connectivity index (χ0n) is 18.6. The van der Waals surface area contributed by atoms with Crippen molar-refractivity contribution in [1.29, 1.82) is 0 Å². The second-order valence-electron chi connectivity index (χ2n) is 9.13. The van der Waals surface area contributed by atoms with Gasteiger partial charge in [0.25, 0.3) is 0 Å². The van der Waals surface area contributed by atoms with Gasteiger partial charge in [-0.15, -0.1) is 0 Å². The van der Waals surface area contributed by atoms with Crippen LogP contribution in [-0.4, -0.2) is 72.1 Å². The molecule has 33 heavy (non-hydrogen) atoms. The van der Waals surface area contributed by atoms with Gasteiger partial charge in [0.1, 0.15) is 0 Å². The van der Waals surface area contributed by atoms with Gasteiger partial charge in [0, 0.05) is 68.8 Å². The van der Waals surface area contributed by atoms with E-state index in [9.17, 15) is 9.59 Å².